The van der Waals surface area contributed by atoms with Crippen LogP contribution in [0.15, 0.2) is 6.07 Å². The molecule has 0 spiro atoms. The normalized spacial score (nSPS) is 16.2. The van der Waals surface area contributed by atoms with Gasteiger partial charge in [0.1, 0.15) is 11.0 Å². The van der Waals surface area contributed by atoms with Crippen LogP contribution in [0, 0.1) is 0 Å². The van der Waals surface area contributed by atoms with E-state index in [0.29, 0.717) is 11.1 Å². The maximum Gasteiger partial charge on any atom is 0.140 e. The van der Waals surface area contributed by atoms with Crippen LogP contribution in [0.3, 0.4) is 0 Å². The molecule has 2 rings (SSSR count). The molecule has 70 valence electrons. The number of rotatable bonds is 3. The van der Waals surface area contributed by atoms with E-state index in [0.717, 1.165) is 17.3 Å². The van der Waals surface area contributed by atoms with Gasteiger partial charge in [0, 0.05) is 11.6 Å². The van der Waals surface area contributed by atoms with Crippen LogP contribution in [0.1, 0.15) is 30.3 Å². The summed E-state index contributed by atoms with van der Waals surface area (Å²) in [5, 5.41) is 0.584. The number of halogens is 1. The quantitative estimate of drug-likeness (QED) is 0.724. The first-order chi connectivity index (χ1) is 6.29. The third-order valence-electron chi connectivity index (χ3n) is 2.03. The zero-order valence-corrected chi connectivity index (χ0v) is 9.03. The summed E-state index contributed by atoms with van der Waals surface area (Å²) in [7, 11) is 0. The van der Waals surface area contributed by atoms with Crippen LogP contribution in [-0.4, -0.2) is 16.2 Å². The fraction of sp³-hybridized carbons (Fsp3) is 0.556. The largest absolute Gasteiger partial charge is 0.237 e. The minimum atomic E-state index is 0.584. The van der Waals surface area contributed by atoms with Gasteiger partial charge in [-0.2, -0.15) is 11.8 Å². The van der Waals surface area contributed by atoms with Crippen LogP contribution >= 0.6 is 23.4 Å². The van der Waals surface area contributed by atoms with Crippen molar-refractivity contribution >= 4 is 23.4 Å². The lowest BCUT2D eigenvalue weighted by Gasteiger charge is -2.02. The van der Waals surface area contributed by atoms with Crippen molar-refractivity contribution in [2.45, 2.75) is 24.5 Å². The topological polar surface area (TPSA) is 25.8 Å². The molecule has 0 atom stereocenters. The highest BCUT2D eigenvalue weighted by Crippen LogP contribution is 2.39. The summed E-state index contributed by atoms with van der Waals surface area (Å²) < 4.78 is 0. The molecule has 1 aromatic heterocycles. The summed E-state index contributed by atoms with van der Waals surface area (Å²) in [6.07, 6.45) is 4.55. The van der Waals surface area contributed by atoms with Gasteiger partial charge in [0.15, 0.2) is 0 Å². The second-order valence-corrected chi connectivity index (χ2v) is 4.49. The monoisotopic (exact) mass is 214 g/mol. The Balaban J connectivity index is 2.25. The van der Waals surface area contributed by atoms with Crippen LogP contribution in [0.4, 0.5) is 0 Å². The zero-order valence-electron chi connectivity index (χ0n) is 7.46. The minimum absolute atomic E-state index is 0.584. The highest BCUT2D eigenvalue weighted by Gasteiger charge is 2.25. The van der Waals surface area contributed by atoms with Crippen molar-refractivity contribution < 1.29 is 0 Å². The Labute approximate surface area is 87.1 Å². The Bertz CT molecular complexity index is 312. The molecule has 1 heterocycles. The predicted octanol–water partition coefficient (Wildman–Crippen LogP) is 2.87. The summed E-state index contributed by atoms with van der Waals surface area (Å²) in [6.45, 7) is 0. The first-order valence-electron chi connectivity index (χ1n) is 4.32. The number of hydrogen-bond donors (Lipinski definition) is 0. The molecule has 0 aromatic carbocycles. The molecule has 1 aliphatic carbocycles. The molecule has 0 N–H and O–H groups in total. The zero-order chi connectivity index (χ0) is 9.26. The van der Waals surface area contributed by atoms with Crippen molar-refractivity contribution in [3.8, 4) is 0 Å². The lowest BCUT2D eigenvalue weighted by atomic mass is 10.3. The SMILES string of the molecule is CSCc1nc(Cl)cc(C2CC2)n1. The summed E-state index contributed by atoms with van der Waals surface area (Å²) in [5.74, 6) is 2.36. The molecule has 4 heteroatoms. The van der Waals surface area contributed by atoms with Crippen molar-refractivity contribution in [2.75, 3.05) is 6.26 Å². The number of aromatic nitrogens is 2. The molecule has 0 radical (unpaired) electrons. The third-order valence-corrected chi connectivity index (χ3v) is 2.77. The van der Waals surface area contributed by atoms with Gasteiger partial charge in [-0.3, -0.25) is 0 Å². The third kappa shape index (κ3) is 2.35. The van der Waals surface area contributed by atoms with Gasteiger partial charge in [-0.1, -0.05) is 11.6 Å². The number of hydrogen-bond acceptors (Lipinski definition) is 3. The fourth-order valence-corrected chi connectivity index (χ4v) is 1.86. The van der Waals surface area contributed by atoms with Gasteiger partial charge in [0.25, 0.3) is 0 Å². The Hall–Kier alpha value is -0.280. The van der Waals surface area contributed by atoms with Crippen LogP contribution in [0.25, 0.3) is 0 Å². The Morgan fingerprint density at radius 1 is 1.54 bits per heavy atom. The molecule has 0 unspecified atom stereocenters. The Kier molecular flexibility index (Phi) is 2.74. The molecular weight excluding hydrogens is 204 g/mol. The minimum Gasteiger partial charge on any atom is -0.237 e. The van der Waals surface area contributed by atoms with Gasteiger partial charge >= 0.3 is 0 Å². The average Bonchev–Trinajstić information content (AvgIpc) is 2.85. The van der Waals surface area contributed by atoms with E-state index in [1.165, 1.54) is 12.8 Å². The van der Waals surface area contributed by atoms with Crippen molar-refractivity contribution in [2.24, 2.45) is 0 Å². The molecule has 1 aliphatic rings. The van der Waals surface area contributed by atoms with Crippen LogP contribution in [0.5, 0.6) is 0 Å². The Morgan fingerprint density at radius 2 is 2.31 bits per heavy atom. The molecular formula is C9H11ClN2S. The van der Waals surface area contributed by atoms with Crippen molar-refractivity contribution in [1.29, 1.82) is 0 Å². The summed E-state index contributed by atoms with van der Waals surface area (Å²) >= 11 is 7.62. The summed E-state index contributed by atoms with van der Waals surface area (Å²) in [6, 6.07) is 1.89. The van der Waals surface area contributed by atoms with Crippen LogP contribution in [0.2, 0.25) is 5.15 Å². The Morgan fingerprint density at radius 3 is 2.92 bits per heavy atom. The summed E-state index contributed by atoms with van der Waals surface area (Å²) in [5.41, 5.74) is 1.13. The van der Waals surface area contributed by atoms with Gasteiger partial charge in [-0.05, 0) is 25.2 Å². The second-order valence-electron chi connectivity index (χ2n) is 3.24. The van der Waals surface area contributed by atoms with Gasteiger partial charge < -0.3 is 0 Å². The highest BCUT2D eigenvalue weighted by molar-refractivity contribution is 7.97. The predicted molar refractivity (Wildman–Crippen MR) is 56.2 cm³/mol. The van der Waals surface area contributed by atoms with Gasteiger partial charge in [-0.25, -0.2) is 9.97 Å². The molecule has 0 aliphatic heterocycles. The van der Waals surface area contributed by atoms with E-state index in [-0.39, 0.29) is 0 Å². The maximum absolute atomic E-state index is 5.90. The lowest BCUT2D eigenvalue weighted by molar-refractivity contribution is 0.932. The van der Waals surface area contributed by atoms with Crippen molar-refractivity contribution in [3.05, 3.63) is 22.7 Å². The van der Waals surface area contributed by atoms with Gasteiger partial charge in [0.05, 0.1) is 5.75 Å². The molecule has 1 fully saturated rings. The van der Waals surface area contributed by atoms with Crippen LogP contribution < -0.4 is 0 Å². The highest BCUT2D eigenvalue weighted by atomic mass is 35.5. The number of thioether (sulfide) groups is 1. The van der Waals surface area contributed by atoms with E-state index in [1.54, 1.807) is 11.8 Å². The molecule has 2 nitrogen and oxygen atoms in total. The van der Waals surface area contributed by atoms with E-state index < -0.39 is 0 Å². The van der Waals surface area contributed by atoms with Crippen LogP contribution in [-0.2, 0) is 5.75 Å². The maximum atomic E-state index is 5.90. The first kappa shape index (κ1) is 9.28. The van der Waals surface area contributed by atoms with Gasteiger partial charge in [0.2, 0.25) is 0 Å². The number of nitrogens with zero attached hydrogens (tertiary/aromatic N) is 2. The van der Waals surface area contributed by atoms with Gasteiger partial charge in [-0.15, -0.1) is 0 Å². The molecule has 13 heavy (non-hydrogen) atoms. The van der Waals surface area contributed by atoms with Crippen molar-refractivity contribution in [1.82, 2.24) is 9.97 Å². The first-order valence-corrected chi connectivity index (χ1v) is 6.09. The van der Waals surface area contributed by atoms with E-state index in [4.69, 9.17) is 11.6 Å². The molecule has 0 bridgehead atoms. The fourth-order valence-electron chi connectivity index (χ4n) is 1.27. The van der Waals surface area contributed by atoms with E-state index >= 15 is 0 Å². The lowest BCUT2D eigenvalue weighted by Crippen LogP contribution is -1.97. The molecule has 1 saturated carbocycles. The summed E-state index contributed by atoms with van der Waals surface area (Å²) in [4.78, 5) is 8.64. The molecule has 0 saturated heterocycles. The van der Waals surface area contributed by atoms with E-state index in [1.807, 2.05) is 12.3 Å². The average molecular weight is 215 g/mol. The smallest absolute Gasteiger partial charge is 0.140 e. The van der Waals surface area contributed by atoms with Crippen molar-refractivity contribution in [3.63, 3.8) is 0 Å². The molecule has 0 amide bonds. The van der Waals surface area contributed by atoms with E-state index in [2.05, 4.69) is 9.97 Å². The second kappa shape index (κ2) is 3.84. The standard InChI is InChI=1S/C9H11ClN2S/c1-13-5-9-11-7(6-2-3-6)4-8(10)12-9/h4,6H,2-3,5H2,1H3. The molecule has 1 aromatic rings. The van der Waals surface area contributed by atoms with E-state index in [9.17, 15) is 0 Å².